The molecule has 0 saturated heterocycles. The number of carboxylic acids is 1. The van der Waals surface area contributed by atoms with E-state index in [9.17, 15) is 9.90 Å². The van der Waals surface area contributed by atoms with Gasteiger partial charge in [-0.3, -0.25) is 4.79 Å². The molecule has 0 aromatic heterocycles. The number of aliphatic carboxylic acids is 1. The summed E-state index contributed by atoms with van der Waals surface area (Å²) in [5.74, 6) is -0.495. The molecule has 0 bridgehead atoms. The Morgan fingerprint density at radius 1 is 1.42 bits per heavy atom. The van der Waals surface area contributed by atoms with E-state index in [1.165, 1.54) is 0 Å². The standard InChI is InChI=1S/C15H29NO3/c1-5-19-10-6-9-16-13-8-7-12(14(17)18)15(3,4)11(13)2/h11-13,16H,5-10H2,1-4H3,(H,17,18). The normalized spacial score (nSPS) is 30.2. The van der Waals surface area contributed by atoms with Crippen molar-refractivity contribution in [3.63, 3.8) is 0 Å². The molecule has 0 aromatic rings. The van der Waals surface area contributed by atoms with Gasteiger partial charge in [0.25, 0.3) is 0 Å². The molecule has 19 heavy (non-hydrogen) atoms. The molecule has 0 radical (unpaired) electrons. The fourth-order valence-corrected chi connectivity index (χ4v) is 3.13. The smallest absolute Gasteiger partial charge is 0.307 e. The van der Waals surface area contributed by atoms with E-state index in [0.29, 0.717) is 12.0 Å². The maximum Gasteiger partial charge on any atom is 0.307 e. The molecule has 1 rings (SSSR count). The zero-order valence-electron chi connectivity index (χ0n) is 12.7. The van der Waals surface area contributed by atoms with Gasteiger partial charge in [-0.25, -0.2) is 0 Å². The lowest BCUT2D eigenvalue weighted by Gasteiger charge is -2.46. The van der Waals surface area contributed by atoms with E-state index in [1.54, 1.807) is 0 Å². The maximum atomic E-state index is 11.3. The minimum Gasteiger partial charge on any atom is -0.481 e. The molecule has 3 unspecified atom stereocenters. The highest BCUT2D eigenvalue weighted by Gasteiger charge is 2.45. The molecular weight excluding hydrogens is 242 g/mol. The quantitative estimate of drug-likeness (QED) is 0.699. The van der Waals surface area contributed by atoms with Crippen molar-refractivity contribution in [3.8, 4) is 0 Å². The van der Waals surface area contributed by atoms with E-state index in [2.05, 4.69) is 26.1 Å². The topological polar surface area (TPSA) is 58.6 Å². The van der Waals surface area contributed by atoms with Gasteiger partial charge in [0.1, 0.15) is 0 Å². The van der Waals surface area contributed by atoms with E-state index in [1.807, 2.05) is 6.92 Å². The van der Waals surface area contributed by atoms with Crippen molar-refractivity contribution in [3.05, 3.63) is 0 Å². The number of hydrogen-bond acceptors (Lipinski definition) is 3. The van der Waals surface area contributed by atoms with Crippen molar-refractivity contribution in [1.82, 2.24) is 5.32 Å². The van der Waals surface area contributed by atoms with Crippen molar-refractivity contribution < 1.29 is 14.6 Å². The summed E-state index contributed by atoms with van der Waals surface area (Å²) in [5.41, 5.74) is -0.151. The maximum absolute atomic E-state index is 11.3. The van der Waals surface area contributed by atoms with E-state index >= 15 is 0 Å². The molecule has 0 aliphatic heterocycles. The third kappa shape index (κ3) is 4.18. The van der Waals surface area contributed by atoms with Crippen LogP contribution in [-0.2, 0) is 9.53 Å². The summed E-state index contributed by atoms with van der Waals surface area (Å²) in [5, 5.41) is 12.9. The van der Waals surface area contributed by atoms with Crippen LogP contribution in [0.5, 0.6) is 0 Å². The third-order valence-corrected chi connectivity index (χ3v) is 4.82. The lowest BCUT2D eigenvalue weighted by Crippen LogP contribution is -2.51. The van der Waals surface area contributed by atoms with Crippen LogP contribution in [0.1, 0.15) is 47.0 Å². The van der Waals surface area contributed by atoms with Crippen molar-refractivity contribution in [2.24, 2.45) is 17.3 Å². The van der Waals surface area contributed by atoms with Crippen LogP contribution in [0, 0.1) is 17.3 Å². The highest BCUT2D eigenvalue weighted by Crippen LogP contribution is 2.44. The molecule has 1 aliphatic carbocycles. The molecule has 0 heterocycles. The Morgan fingerprint density at radius 2 is 2.11 bits per heavy atom. The largest absolute Gasteiger partial charge is 0.481 e. The van der Waals surface area contributed by atoms with Crippen LogP contribution in [0.3, 0.4) is 0 Å². The van der Waals surface area contributed by atoms with Crippen LogP contribution in [0.25, 0.3) is 0 Å². The molecule has 1 fully saturated rings. The summed E-state index contributed by atoms with van der Waals surface area (Å²) in [4.78, 5) is 11.3. The Hall–Kier alpha value is -0.610. The number of rotatable bonds is 7. The zero-order chi connectivity index (χ0) is 14.5. The first kappa shape index (κ1) is 16.4. The average Bonchev–Trinajstić information content (AvgIpc) is 2.33. The van der Waals surface area contributed by atoms with E-state index in [-0.39, 0.29) is 11.3 Å². The van der Waals surface area contributed by atoms with Gasteiger partial charge < -0.3 is 15.2 Å². The molecular formula is C15H29NO3. The highest BCUT2D eigenvalue weighted by molar-refractivity contribution is 5.71. The van der Waals surface area contributed by atoms with Gasteiger partial charge in [0.05, 0.1) is 5.92 Å². The first-order valence-corrected chi connectivity index (χ1v) is 7.45. The van der Waals surface area contributed by atoms with Crippen LogP contribution < -0.4 is 5.32 Å². The second-order valence-corrected chi connectivity index (χ2v) is 6.19. The monoisotopic (exact) mass is 271 g/mol. The molecule has 1 saturated carbocycles. The summed E-state index contributed by atoms with van der Waals surface area (Å²) in [7, 11) is 0. The molecule has 0 spiro atoms. The highest BCUT2D eigenvalue weighted by atomic mass is 16.5. The summed E-state index contributed by atoms with van der Waals surface area (Å²) < 4.78 is 5.32. The van der Waals surface area contributed by atoms with Gasteiger partial charge in [-0.15, -0.1) is 0 Å². The number of carboxylic acid groups (broad SMARTS) is 1. The van der Waals surface area contributed by atoms with Gasteiger partial charge in [0.2, 0.25) is 0 Å². The summed E-state index contributed by atoms with van der Waals surface area (Å²) >= 11 is 0. The molecule has 1 aliphatic rings. The Balaban J connectivity index is 2.44. The van der Waals surface area contributed by atoms with E-state index < -0.39 is 5.97 Å². The van der Waals surface area contributed by atoms with Crippen molar-refractivity contribution in [2.45, 2.75) is 53.0 Å². The Labute approximate surface area is 116 Å². The van der Waals surface area contributed by atoms with Gasteiger partial charge in [0.15, 0.2) is 0 Å². The van der Waals surface area contributed by atoms with E-state index in [0.717, 1.165) is 39.0 Å². The summed E-state index contributed by atoms with van der Waals surface area (Å²) in [6, 6.07) is 0.423. The Morgan fingerprint density at radius 3 is 2.68 bits per heavy atom. The fourth-order valence-electron chi connectivity index (χ4n) is 3.13. The minimum atomic E-state index is -0.647. The SMILES string of the molecule is CCOCCCNC1CCC(C(=O)O)C(C)(C)C1C. The lowest BCUT2D eigenvalue weighted by atomic mass is 9.61. The predicted molar refractivity (Wildman–Crippen MR) is 76.2 cm³/mol. The number of hydrogen-bond donors (Lipinski definition) is 2. The number of carbonyl (C=O) groups is 1. The third-order valence-electron chi connectivity index (χ3n) is 4.82. The number of nitrogens with one attached hydrogen (secondary N) is 1. The van der Waals surface area contributed by atoms with Crippen LogP contribution >= 0.6 is 0 Å². The van der Waals surface area contributed by atoms with Crippen molar-refractivity contribution in [1.29, 1.82) is 0 Å². The van der Waals surface area contributed by atoms with Crippen LogP contribution in [0.2, 0.25) is 0 Å². The lowest BCUT2D eigenvalue weighted by molar-refractivity contribution is -0.150. The van der Waals surface area contributed by atoms with E-state index in [4.69, 9.17) is 4.74 Å². The zero-order valence-corrected chi connectivity index (χ0v) is 12.7. The van der Waals surface area contributed by atoms with Gasteiger partial charge in [-0.1, -0.05) is 20.8 Å². The first-order chi connectivity index (χ1) is 8.91. The predicted octanol–water partition coefficient (Wildman–Crippen LogP) is 2.53. The molecule has 2 N–H and O–H groups in total. The van der Waals surface area contributed by atoms with Gasteiger partial charge in [-0.05, 0) is 44.1 Å². The second-order valence-electron chi connectivity index (χ2n) is 6.19. The van der Waals surface area contributed by atoms with Crippen molar-refractivity contribution in [2.75, 3.05) is 19.8 Å². The van der Waals surface area contributed by atoms with Gasteiger partial charge in [0, 0.05) is 19.3 Å². The first-order valence-electron chi connectivity index (χ1n) is 7.45. The summed E-state index contributed by atoms with van der Waals surface area (Å²) in [6.07, 6.45) is 2.74. The second kappa shape index (κ2) is 7.25. The van der Waals surface area contributed by atoms with Crippen LogP contribution in [-0.4, -0.2) is 36.9 Å². The Kier molecular flexibility index (Phi) is 6.27. The molecule has 0 aromatic carbocycles. The van der Waals surface area contributed by atoms with Gasteiger partial charge >= 0.3 is 5.97 Å². The molecule has 112 valence electrons. The van der Waals surface area contributed by atoms with Crippen LogP contribution in [0.4, 0.5) is 0 Å². The fraction of sp³-hybridized carbons (Fsp3) is 0.933. The number of ether oxygens (including phenoxy) is 1. The molecule has 3 atom stereocenters. The Bertz CT molecular complexity index is 291. The summed E-state index contributed by atoms with van der Waals surface area (Å²) in [6.45, 7) is 10.9. The average molecular weight is 271 g/mol. The van der Waals surface area contributed by atoms with Crippen LogP contribution in [0.15, 0.2) is 0 Å². The van der Waals surface area contributed by atoms with Crippen molar-refractivity contribution >= 4 is 5.97 Å². The molecule has 4 nitrogen and oxygen atoms in total. The van der Waals surface area contributed by atoms with Gasteiger partial charge in [-0.2, -0.15) is 0 Å². The molecule has 0 amide bonds. The minimum absolute atomic E-state index is 0.151. The molecule has 4 heteroatoms.